The molecule has 0 fully saturated rings. The van der Waals surface area contributed by atoms with Gasteiger partial charge in [-0.1, -0.05) is 0 Å². The molecule has 0 aliphatic rings. The molecule has 0 rings (SSSR count). The molecule has 0 unspecified atom stereocenters. The van der Waals surface area contributed by atoms with Crippen LogP contribution in [-0.2, 0) is 32.7 Å². The summed E-state index contributed by atoms with van der Waals surface area (Å²) in [5.74, 6) is 0. The van der Waals surface area contributed by atoms with E-state index in [-0.39, 0.29) is 32.7 Å². The maximum Gasteiger partial charge on any atom is 0 e. The molecule has 0 aliphatic heterocycles. The Balaban J connectivity index is 0. The Labute approximate surface area is 69.3 Å². The minimum absolute atomic E-state index is 0. The molecule has 0 N–H and O–H groups in total. The van der Waals surface area contributed by atoms with Crippen LogP contribution in [0.5, 0.6) is 0 Å². The van der Waals surface area contributed by atoms with Crippen molar-refractivity contribution in [1.82, 2.24) is 0 Å². The molecule has 0 amide bonds. The molecule has 0 nitrogen and oxygen atoms in total. The van der Waals surface area contributed by atoms with Gasteiger partial charge in [-0.25, -0.2) is 0 Å². The van der Waals surface area contributed by atoms with E-state index in [2.05, 4.69) is 20.1 Å². The van der Waals surface area contributed by atoms with Gasteiger partial charge in [-0.15, -0.1) is 0 Å². The van der Waals surface area contributed by atoms with E-state index in [4.69, 9.17) is 0 Å². The largest absolute Gasteiger partial charge is 0.352 e. The molecule has 2 heteroatoms. The Hall–Kier alpha value is 1.45. The summed E-state index contributed by atoms with van der Waals surface area (Å²) in [4.78, 5) is 0. The zero-order valence-corrected chi connectivity index (χ0v) is 8.14. The molecule has 0 saturated carbocycles. The Kier molecular flexibility index (Phi) is 11.2. The molecule has 0 saturated heterocycles. The number of hydrogen-bond acceptors (Lipinski definition) is 1. The van der Waals surface area contributed by atoms with Gasteiger partial charge in [-0.3, -0.25) is 5.25 Å². The molecule has 0 aromatic carbocycles. The smallest absolute Gasteiger partial charge is 0 e. The van der Waals surface area contributed by atoms with Gasteiger partial charge in [0.15, 0.2) is 0 Å². The fraction of sp³-hybridized carbons (Fsp3) is 0.750. The summed E-state index contributed by atoms with van der Waals surface area (Å²) in [5.41, 5.74) is 0. The maximum atomic E-state index is 2.10. The first-order valence-electron chi connectivity index (χ1n) is 1.61. The second-order valence-corrected chi connectivity index (χ2v) is 2.34. The van der Waals surface area contributed by atoms with Gasteiger partial charge < -0.3 is 11.8 Å². The SMILES string of the molecule is CS[C-](C)C.[Y]. The Morgan fingerprint density at radius 1 is 1.33 bits per heavy atom. The zero-order chi connectivity index (χ0) is 4.28. The first-order valence-corrected chi connectivity index (χ1v) is 2.84. The van der Waals surface area contributed by atoms with E-state index in [9.17, 15) is 0 Å². The molecule has 1 radical (unpaired) electrons. The molecule has 0 atom stereocenters. The van der Waals surface area contributed by atoms with Crippen LogP contribution >= 0.6 is 11.8 Å². The first-order chi connectivity index (χ1) is 2.27. The molecule has 0 heterocycles. The van der Waals surface area contributed by atoms with Crippen molar-refractivity contribution < 1.29 is 32.7 Å². The molecular formula is C4H9SY-. The summed E-state index contributed by atoms with van der Waals surface area (Å²) < 4.78 is 0. The summed E-state index contributed by atoms with van der Waals surface area (Å²) in [6, 6.07) is 0. The Morgan fingerprint density at radius 2 is 1.50 bits per heavy atom. The van der Waals surface area contributed by atoms with Gasteiger partial charge in [0.2, 0.25) is 0 Å². The minimum atomic E-state index is 0. The van der Waals surface area contributed by atoms with Gasteiger partial charge in [-0.2, -0.15) is 13.8 Å². The molecule has 0 bridgehead atoms. The number of rotatable bonds is 1. The van der Waals surface area contributed by atoms with E-state index < -0.39 is 0 Å². The van der Waals surface area contributed by atoms with Crippen molar-refractivity contribution in [3.63, 3.8) is 0 Å². The zero-order valence-electron chi connectivity index (χ0n) is 4.49. The molecular weight excluding hydrogens is 169 g/mol. The van der Waals surface area contributed by atoms with Crippen molar-refractivity contribution in [3.05, 3.63) is 5.25 Å². The van der Waals surface area contributed by atoms with Gasteiger partial charge in [0.05, 0.1) is 0 Å². The predicted octanol–water partition coefficient (Wildman–Crippen LogP) is 1.92. The van der Waals surface area contributed by atoms with Crippen molar-refractivity contribution in [2.24, 2.45) is 0 Å². The Morgan fingerprint density at radius 3 is 1.50 bits per heavy atom. The third kappa shape index (κ3) is 9.07. The summed E-state index contributed by atoms with van der Waals surface area (Å²) in [6.45, 7) is 4.20. The number of hydrogen-bond donors (Lipinski definition) is 0. The fourth-order valence-corrected chi connectivity index (χ4v) is 0. The van der Waals surface area contributed by atoms with Crippen LogP contribution in [-0.4, -0.2) is 6.26 Å². The van der Waals surface area contributed by atoms with Crippen molar-refractivity contribution in [2.75, 3.05) is 6.26 Å². The van der Waals surface area contributed by atoms with Crippen LogP contribution in [0.25, 0.3) is 0 Å². The van der Waals surface area contributed by atoms with E-state index in [1.54, 1.807) is 11.8 Å². The molecule has 0 aliphatic carbocycles. The van der Waals surface area contributed by atoms with Crippen molar-refractivity contribution in [3.8, 4) is 0 Å². The third-order valence-electron chi connectivity index (χ3n) is 0.408. The molecule has 0 spiro atoms. The quantitative estimate of drug-likeness (QED) is 0.552. The third-order valence-corrected chi connectivity index (χ3v) is 1.22. The minimum Gasteiger partial charge on any atom is -0.352 e. The van der Waals surface area contributed by atoms with Gasteiger partial charge >= 0.3 is 0 Å². The van der Waals surface area contributed by atoms with Crippen LogP contribution in [0.2, 0.25) is 0 Å². The van der Waals surface area contributed by atoms with E-state index in [0.29, 0.717) is 0 Å². The summed E-state index contributed by atoms with van der Waals surface area (Å²) >= 11 is 1.80. The van der Waals surface area contributed by atoms with Crippen molar-refractivity contribution in [1.29, 1.82) is 0 Å². The van der Waals surface area contributed by atoms with Crippen LogP contribution in [0.15, 0.2) is 0 Å². The van der Waals surface area contributed by atoms with Crippen LogP contribution in [0.4, 0.5) is 0 Å². The van der Waals surface area contributed by atoms with Crippen LogP contribution in [0.3, 0.4) is 0 Å². The average molecular weight is 178 g/mol. The van der Waals surface area contributed by atoms with Crippen LogP contribution < -0.4 is 0 Å². The van der Waals surface area contributed by atoms with E-state index in [1.165, 1.54) is 5.25 Å². The number of thioether (sulfide) groups is 1. The molecule has 6 heavy (non-hydrogen) atoms. The summed E-state index contributed by atoms with van der Waals surface area (Å²) in [5, 5.41) is 1.42. The maximum absolute atomic E-state index is 2.10. The fourth-order valence-electron chi connectivity index (χ4n) is 0. The molecule has 35 valence electrons. The van der Waals surface area contributed by atoms with E-state index >= 15 is 0 Å². The second kappa shape index (κ2) is 6.45. The topological polar surface area (TPSA) is 0 Å². The second-order valence-electron chi connectivity index (χ2n) is 1.11. The standard InChI is InChI=1S/C4H9S.Y/c1-4(2)5-3;/h1-3H3;/q-1;. The normalized spacial score (nSPS) is 8.00. The van der Waals surface area contributed by atoms with Crippen LogP contribution in [0, 0.1) is 5.25 Å². The Bertz CT molecular complexity index is 21.5. The molecule has 0 aromatic rings. The van der Waals surface area contributed by atoms with Crippen molar-refractivity contribution in [2.45, 2.75) is 13.8 Å². The van der Waals surface area contributed by atoms with Gasteiger partial charge in [0.25, 0.3) is 0 Å². The van der Waals surface area contributed by atoms with E-state index in [1.807, 2.05) is 0 Å². The average Bonchev–Trinajstić information content (AvgIpc) is 1.38. The van der Waals surface area contributed by atoms with Gasteiger partial charge in [0, 0.05) is 32.7 Å². The van der Waals surface area contributed by atoms with Crippen molar-refractivity contribution >= 4 is 11.8 Å². The summed E-state index contributed by atoms with van der Waals surface area (Å²) in [7, 11) is 0. The van der Waals surface area contributed by atoms with Gasteiger partial charge in [-0.05, 0) is 6.26 Å². The monoisotopic (exact) mass is 178 g/mol. The first kappa shape index (κ1) is 10.4. The van der Waals surface area contributed by atoms with E-state index in [0.717, 1.165) is 0 Å². The van der Waals surface area contributed by atoms with Crippen LogP contribution in [0.1, 0.15) is 13.8 Å². The summed E-state index contributed by atoms with van der Waals surface area (Å²) in [6.07, 6.45) is 2.08. The van der Waals surface area contributed by atoms with Gasteiger partial charge in [0.1, 0.15) is 0 Å². The predicted molar refractivity (Wildman–Crippen MR) is 28.1 cm³/mol. The molecule has 0 aromatic heterocycles.